The number of ether oxygens (including phenoxy) is 2. The highest BCUT2D eigenvalue weighted by Gasteiger charge is 2.10. The third-order valence-electron chi connectivity index (χ3n) is 3.54. The fourth-order valence-electron chi connectivity index (χ4n) is 2.24. The molecule has 0 saturated heterocycles. The summed E-state index contributed by atoms with van der Waals surface area (Å²) in [7, 11) is 0. The van der Waals surface area contributed by atoms with Gasteiger partial charge in [0.05, 0.1) is 12.2 Å². The zero-order valence-electron chi connectivity index (χ0n) is 14.4. The summed E-state index contributed by atoms with van der Waals surface area (Å²) in [5.41, 5.74) is 1.14. The van der Waals surface area contributed by atoms with Crippen LogP contribution >= 0.6 is 0 Å². The monoisotopic (exact) mass is 364 g/mol. The summed E-state index contributed by atoms with van der Waals surface area (Å²) >= 11 is 0. The van der Waals surface area contributed by atoms with Gasteiger partial charge in [-0.3, -0.25) is 4.98 Å². The van der Waals surface area contributed by atoms with Crippen LogP contribution in [-0.2, 0) is 16.0 Å². The predicted octanol–water partition coefficient (Wildman–Crippen LogP) is 2.56. The van der Waals surface area contributed by atoms with Gasteiger partial charge in [0.25, 0.3) is 0 Å². The molecule has 2 aromatic heterocycles. The lowest BCUT2D eigenvalue weighted by atomic mass is 10.2. The maximum Gasteiger partial charge on any atom is 0.344 e. The molecule has 0 saturated carbocycles. The van der Waals surface area contributed by atoms with Crippen molar-refractivity contribution in [2.24, 2.45) is 0 Å². The van der Waals surface area contributed by atoms with Gasteiger partial charge in [0.2, 0.25) is 11.7 Å². The summed E-state index contributed by atoms with van der Waals surface area (Å²) in [4.78, 5) is 20.0. The molecule has 2 heterocycles. The van der Waals surface area contributed by atoms with Crippen molar-refractivity contribution in [3.8, 4) is 23.2 Å². The molecule has 0 unspecified atom stereocenters. The van der Waals surface area contributed by atoms with Crippen molar-refractivity contribution in [2.75, 3.05) is 13.2 Å². The number of esters is 1. The van der Waals surface area contributed by atoms with E-state index in [2.05, 4.69) is 15.1 Å². The number of nitriles is 1. The number of hydrogen-bond acceptors (Lipinski definition) is 8. The van der Waals surface area contributed by atoms with Crippen molar-refractivity contribution in [3.05, 3.63) is 60.2 Å². The van der Waals surface area contributed by atoms with Gasteiger partial charge >= 0.3 is 5.97 Å². The van der Waals surface area contributed by atoms with Crippen LogP contribution in [-0.4, -0.2) is 34.3 Å². The van der Waals surface area contributed by atoms with Crippen molar-refractivity contribution < 1.29 is 18.8 Å². The van der Waals surface area contributed by atoms with Crippen LogP contribution < -0.4 is 4.74 Å². The first-order valence-electron chi connectivity index (χ1n) is 8.27. The second-order valence-electron chi connectivity index (χ2n) is 5.47. The normalized spacial score (nSPS) is 10.2. The standard InChI is InChI=1S/C19H16N4O4/c20-11-14-5-1-2-7-16(14)26-13-18(24)25-10-4-8-17-22-19(23-27-17)15-6-3-9-21-12-15/h1-3,5-7,9,12H,4,8,10,13H2. The van der Waals surface area contributed by atoms with Gasteiger partial charge in [-0.25, -0.2) is 4.79 Å². The lowest BCUT2D eigenvalue weighted by Crippen LogP contribution is -2.16. The topological polar surface area (TPSA) is 111 Å². The minimum atomic E-state index is -0.510. The molecule has 0 atom stereocenters. The number of benzene rings is 1. The lowest BCUT2D eigenvalue weighted by Gasteiger charge is -2.07. The Kier molecular flexibility index (Phi) is 6.09. The first-order chi connectivity index (χ1) is 13.3. The highest BCUT2D eigenvalue weighted by molar-refractivity contribution is 5.71. The van der Waals surface area contributed by atoms with Crippen molar-refractivity contribution in [1.82, 2.24) is 15.1 Å². The van der Waals surface area contributed by atoms with E-state index in [0.717, 1.165) is 5.56 Å². The molecule has 0 amide bonds. The summed E-state index contributed by atoms with van der Waals surface area (Å²) in [5, 5.41) is 12.9. The molecule has 0 aliphatic rings. The molecule has 27 heavy (non-hydrogen) atoms. The molecule has 0 aliphatic carbocycles. The van der Waals surface area contributed by atoms with Gasteiger partial charge in [-0.05, 0) is 30.7 Å². The second-order valence-corrected chi connectivity index (χ2v) is 5.47. The van der Waals surface area contributed by atoms with Crippen LogP contribution in [0, 0.1) is 11.3 Å². The maximum atomic E-state index is 11.7. The van der Waals surface area contributed by atoms with Crippen LogP contribution in [0.4, 0.5) is 0 Å². The van der Waals surface area contributed by atoms with Gasteiger partial charge < -0.3 is 14.0 Å². The number of carbonyl (C=O) groups excluding carboxylic acids is 1. The first-order valence-corrected chi connectivity index (χ1v) is 8.27. The second kappa shape index (κ2) is 9.10. The average Bonchev–Trinajstić information content (AvgIpc) is 3.19. The van der Waals surface area contributed by atoms with E-state index in [9.17, 15) is 4.79 Å². The van der Waals surface area contributed by atoms with Gasteiger partial charge in [0, 0.05) is 24.4 Å². The Balaban J connectivity index is 1.38. The molecule has 8 heteroatoms. The van der Waals surface area contributed by atoms with E-state index in [1.54, 1.807) is 42.7 Å². The van der Waals surface area contributed by atoms with Crippen LogP contribution in [0.2, 0.25) is 0 Å². The lowest BCUT2D eigenvalue weighted by molar-refractivity contribution is -0.146. The Bertz CT molecular complexity index is 934. The Labute approximate surface area is 155 Å². The quantitative estimate of drug-likeness (QED) is 0.443. The van der Waals surface area contributed by atoms with E-state index < -0.39 is 5.97 Å². The Morgan fingerprint density at radius 3 is 2.93 bits per heavy atom. The predicted molar refractivity (Wildman–Crippen MR) is 93.5 cm³/mol. The highest BCUT2D eigenvalue weighted by Crippen LogP contribution is 2.16. The van der Waals surface area contributed by atoms with Crippen LogP contribution in [0.3, 0.4) is 0 Å². The largest absolute Gasteiger partial charge is 0.481 e. The molecule has 0 fully saturated rings. The van der Waals surface area contributed by atoms with Crippen LogP contribution in [0.5, 0.6) is 5.75 Å². The number of aryl methyl sites for hydroxylation is 1. The number of para-hydroxylation sites is 1. The van der Waals surface area contributed by atoms with Gasteiger partial charge in [-0.1, -0.05) is 17.3 Å². The van der Waals surface area contributed by atoms with E-state index in [1.165, 1.54) is 0 Å². The van der Waals surface area contributed by atoms with Crippen molar-refractivity contribution >= 4 is 5.97 Å². The van der Waals surface area contributed by atoms with E-state index in [0.29, 0.717) is 35.9 Å². The molecule has 136 valence electrons. The van der Waals surface area contributed by atoms with Gasteiger partial charge in [0.1, 0.15) is 11.8 Å². The van der Waals surface area contributed by atoms with Crippen molar-refractivity contribution in [1.29, 1.82) is 5.26 Å². The van der Waals surface area contributed by atoms with Crippen LogP contribution in [0.15, 0.2) is 53.3 Å². The SMILES string of the molecule is N#Cc1ccccc1OCC(=O)OCCCc1nc(-c2cccnc2)no1. The summed E-state index contributed by atoms with van der Waals surface area (Å²) in [6.45, 7) is -0.0584. The highest BCUT2D eigenvalue weighted by atomic mass is 16.6. The minimum absolute atomic E-state index is 0.201. The molecule has 1 aromatic carbocycles. The fraction of sp³-hybridized carbons (Fsp3) is 0.211. The number of pyridine rings is 1. The van der Waals surface area contributed by atoms with Crippen LogP contribution in [0.1, 0.15) is 17.9 Å². The zero-order valence-corrected chi connectivity index (χ0v) is 14.4. The third kappa shape index (κ3) is 5.12. The van der Waals surface area contributed by atoms with Gasteiger partial charge in [-0.2, -0.15) is 10.2 Å². The smallest absolute Gasteiger partial charge is 0.344 e. The molecule has 0 radical (unpaired) electrons. The van der Waals surface area contributed by atoms with Crippen LogP contribution in [0.25, 0.3) is 11.4 Å². The third-order valence-corrected chi connectivity index (χ3v) is 3.54. The van der Waals surface area contributed by atoms with Crippen molar-refractivity contribution in [3.63, 3.8) is 0 Å². The number of nitrogens with zero attached hydrogens (tertiary/aromatic N) is 4. The molecular formula is C19H16N4O4. The Morgan fingerprint density at radius 1 is 1.22 bits per heavy atom. The fourth-order valence-corrected chi connectivity index (χ4v) is 2.24. The first kappa shape index (κ1) is 18.1. The van der Waals surface area contributed by atoms with E-state index in [-0.39, 0.29) is 13.2 Å². The summed E-state index contributed by atoms with van der Waals surface area (Å²) in [6, 6.07) is 12.3. The Morgan fingerprint density at radius 2 is 2.11 bits per heavy atom. The van der Waals surface area contributed by atoms with Gasteiger partial charge in [0.15, 0.2) is 6.61 Å². The van der Waals surface area contributed by atoms with Gasteiger partial charge in [-0.15, -0.1) is 0 Å². The summed E-state index contributed by atoms with van der Waals surface area (Å²) < 4.78 is 15.6. The molecule has 8 nitrogen and oxygen atoms in total. The average molecular weight is 364 g/mol. The molecule has 0 N–H and O–H groups in total. The zero-order chi connectivity index (χ0) is 18.9. The Hall–Kier alpha value is -3.73. The molecule has 3 aromatic rings. The van der Waals surface area contributed by atoms with E-state index in [1.807, 2.05) is 12.1 Å². The molecule has 0 bridgehead atoms. The summed E-state index contributed by atoms with van der Waals surface area (Å²) in [5.74, 6) is 0.777. The minimum Gasteiger partial charge on any atom is -0.481 e. The van der Waals surface area contributed by atoms with E-state index >= 15 is 0 Å². The number of hydrogen-bond donors (Lipinski definition) is 0. The number of aromatic nitrogens is 3. The molecular weight excluding hydrogens is 348 g/mol. The molecule has 3 rings (SSSR count). The number of carbonyl (C=O) groups is 1. The molecule has 0 spiro atoms. The maximum absolute atomic E-state index is 11.7. The molecule has 0 aliphatic heterocycles. The summed E-state index contributed by atoms with van der Waals surface area (Å²) in [6.07, 6.45) is 4.34. The number of rotatable bonds is 8. The van der Waals surface area contributed by atoms with E-state index in [4.69, 9.17) is 19.3 Å². The van der Waals surface area contributed by atoms with Crippen molar-refractivity contribution in [2.45, 2.75) is 12.8 Å².